The van der Waals surface area contributed by atoms with Crippen molar-refractivity contribution in [1.82, 2.24) is 5.32 Å². The SMILES string of the molecule is CC(N[C@H](C)c1ccco1)c1csc(Cl)c1. The van der Waals surface area contributed by atoms with Crippen LogP contribution in [0.3, 0.4) is 0 Å². The number of hydrogen-bond acceptors (Lipinski definition) is 3. The molecule has 2 nitrogen and oxygen atoms in total. The topological polar surface area (TPSA) is 25.2 Å². The molecule has 0 amide bonds. The van der Waals surface area contributed by atoms with Crippen molar-refractivity contribution in [3.05, 3.63) is 45.5 Å². The lowest BCUT2D eigenvalue weighted by Crippen LogP contribution is -2.21. The summed E-state index contributed by atoms with van der Waals surface area (Å²) in [6.07, 6.45) is 1.69. The highest BCUT2D eigenvalue weighted by atomic mass is 35.5. The molecule has 0 aliphatic carbocycles. The van der Waals surface area contributed by atoms with Crippen LogP contribution in [0.4, 0.5) is 0 Å². The van der Waals surface area contributed by atoms with Crippen molar-refractivity contribution in [2.75, 3.05) is 0 Å². The van der Waals surface area contributed by atoms with Crippen LogP contribution in [0.1, 0.15) is 37.3 Å². The molecule has 4 heteroatoms. The van der Waals surface area contributed by atoms with E-state index in [1.165, 1.54) is 5.56 Å². The van der Waals surface area contributed by atoms with E-state index in [9.17, 15) is 0 Å². The van der Waals surface area contributed by atoms with Gasteiger partial charge in [0.2, 0.25) is 0 Å². The fourth-order valence-corrected chi connectivity index (χ4v) is 2.63. The molecule has 0 radical (unpaired) electrons. The van der Waals surface area contributed by atoms with Gasteiger partial charge < -0.3 is 9.73 Å². The van der Waals surface area contributed by atoms with Crippen LogP contribution in [0.25, 0.3) is 0 Å². The third-order valence-corrected chi connectivity index (χ3v) is 3.67. The van der Waals surface area contributed by atoms with Gasteiger partial charge in [-0.05, 0) is 43.0 Å². The summed E-state index contributed by atoms with van der Waals surface area (Å²) in [4.78, 5) is 0. The molecular formula is C12H14ClNOS. The van der Waals surface area contributed by atoms with Gasteiger partial charge in [-0.2, -0.15) is 0 Å². The largest absolute Gasteiger partial charge is 0.468 e. The van der Waals surface area contributed by atoms with Crippen molar-refractivity contribution in [3.63, 3.8) is 0 Å². The van der Waals surface area contributed by atoms with Crippen LogP contribution >= 0.6 is 22.9 Å². The van der Waals surface area contributed by atoms with Crippen molar-refractivity contribution in [1.29, 1.82) is 0 Å². The molecular weight excluding hydrogens is 242 g/mol. The molecule has 0 saturated heterocycles. The Morgan fingerprint density at radius 2 is 2.19 bits per heavy atom. The Hall–Kier alpha value is -0.770. The first-order valence-electron chi connectivity index (χ1n) is 5.20. The smallest absolute Gasteiger partial charge is 0.120 e. The normalized spacial score (nSPS) is 14.9. The van der Waals surface area contributed by atoms with E-state index >= 15 is 0 Å². The van der Waals surface area contributed by atoms with Crippen LogP contribution < -0.4 is 5.32 Å². The molecule has 1 N–H and O–H groups in total. The van der Waals surface area contributed by atoms with E-state index in [0.717, 1.165) is 10.1 Å². The maximum atomic E-state index is 5.91. The molecule has 1 unspecified atom stereocenters. The van der Waals surface area contributed by atoms with Crippen LogP contribution in [0.5, 0.6) is 0 Å². The molecule has 2 heterocycles. The van der Waals surface area contributed by atoms with Gasteiger partial charge in [-0.3, -0.25) is 0 Å². The standard InChI is InChI=1S/C12H14ClNOS/c1-8(10-6-12(13)16-7-10)14-9(2)11-4-3-5-15-11/h3-9,14H,1-2H3/t8?,9-/m1/s1. The zero-order valence-corrected chi connectivity index (χ0v) is 10.8. The molecule has 0 aliphatic rings. The molecule has 0 bridgehead atoms. The highest BCUT2D eigenvalue weighted by molar-refractivity contribution is 7.14. The number of hydrogen-bond donors (Lipinski definition) is 1. The average Bonchev–Trinajstić information content (AvgIpc) is 2.87. The minimum absolute atomic E-state index is 0.198. The van der Waals surface area contributed by atoms with Crippen LogP contribution in [0.15, 0.2) is 34.3 Å². The van der Waals surface area contributed by atoms with E-state index < -0.39 is 0 Å². The predicted octanol–water partition coefficient (Wildman–Crippen LogP) is 4.41. The maximum absolute atomic E-state index is 5.91. The lowest BCUT2D eigenvalue weighted by Gasteiger charge is -2.17. The van der Waals surface area contributed by atoms with Gasteiger partial charge in [0.05, 0.1) is 16.6 Å². The molecule has 0 fully saturated rings. The second kappa shape index (κ2) is 5.04. The van der Waals surface area contributed by atoms with E-state index in [-0.39, 0.29) is 12.1 Å². The Morgan fingerprint density at radius 1 is 1.38 bits per heavy atom. The van der Waals surface area contributed by atoms with E-state index in [1.54, 1.807) is 17.6 Å². The van der Waals surface area contributed by atoms with E-state index in [4.69, 9.17) is 16.0 Å². The number of furan rings is 1. The Labute approximate surface area is 104 Å². The molecule has 0 aromatic carbocycles. The van der Waals surface area contributed by atoms with Crippen molar-refractivity contribution < 1.29 is 4.42 Å². The first kappa shape index (κ1) is 11.7. The Balaban J connectivity index is 2.00. The van der Waals surface area contributed by atoms with Crippen molar-refractivity contribution in [3.8, 4) is 0 Å². The quantitative estimate of drug-likeness (QED) is 0.876. The van der Waals surface area contributed by atoms with Crippen molar-refractivity contribution in [2.24, 2.45) is 0 Å². The van der Waals surface area contributed by atoms with Crippen molar-refractivity contribution >= 4 is 22.9 Å². The third-order valence-electron chi connectivity index (χ3n) is 2.56. The summed E-state index contributed by atoms with van der Waals surface area (Å²) in [7, 11) is 0. The van der Waals surface area contributed by atoms with Crippen LogP contribution in [0.2, 0.25) is 4.34 Å². The van der Waals surface area contributed by atoms with Gasteiger partial charge in [0, 0.05) is 6.04 Å². The first-order chi connectivity index (χ1) is 7.66. The zero-order chi connectivity index (χ0) is 11.5. The monoisotopic (exact) mass is 255 g/mol. The molecule has 2 atom stereocenters. The maximum Gasteiger partial charge on any atom is 0.120 e. The average molecular weight is 256 g/mol. The Kier molecular flexibility index (Phi) is 3.69. The molecule has 2 rings (SSSR count). The van der Waals surface area contributed by atoms with Crippen LogP contribution in [0, 0.1) is 0 Å². The van der Waals surface area contributed by atoms with E-state index in [1.807, 2.05) is 18.2 Å². The van der Waals surface area contributed by atoms with Gasteiger partial charge in [-0.1, -0.05) is 11.6 Å². The number of halogens is 1. The van der Waals surface area contributed by atoms with E-state index in [0.29, 0.717) is 0 Å². The molecule has 2 aromatic heterocycles. The summed E-state index contributed by atoms with van der Waals surface area (Å²) in [5.74, 6) is 0.952. The molecule has 0 spiro atoms. The third kappa shape index (κ3) is 2.67. The summed E-state index contributed by atoms with van der Waals surface area (Å²) in [6.45, 7) is 4.21. The summed E-state index contributed by atoms with van der Waals surface area (Å²) >= 11 is 7.47. The lowest BCUT2D eigenvalue weighted by molar-refractivity contribution is 0.403. The predicted molar refractivity (Wildman–Crippen MR) is 68.0 cm³/mol. The number of rotatable bonds is 4. The van der Waals surface area contributed by atoms with Gasteiger partial charge in [0.15, 0.2) is 0 Å². The fraction of sp³-hybridized carbons (Fsp3) is 0.333. The minimum atomic E-state index is 0.198. The summed E-state index contributed by atoms with van der Waals surface area (Å²) < 4.78 is 6.18. The number of nitrogens with one attached hydrogen (secondary N) is 1. The highest BCUT2D eigenvalue weighted by Crippen LogP contribution is 2.26. The number of thiophene rings is 1. The Bertz CT molecular complexity index is 438. The molecule has 86 valence electrons. The van der Waals surface area contributed by atoms with Crippen LogP contribution in [-0.2, 0) is 0 Å². The second-order valence-electron chi connectivity index (χ2n) is 3.81. The molecule has 0 aliphatic heterocycles. The molecule has 2 aromatic rings. The van der Waals surface area contributed by atoms with Gasteiger partial charge in [-0.15, -0.1) is 11.3 Å². The fourth-order valence-electron chi connectivity index (χ4n) is 1.64. The van der Waals surface area contributed by atoms with Gasteiger partial charge >= 0.3 is 0 Å². The minimum Gasteiger partial charge on any atom is -0.468 e. The highest BCUT2D eigenvalue weighted by Gasteiger charge is 2.13. The van der Waals surface area contributed by atoms with E-state index in [2.05, 4.69) is 24.5 Å². The Morgan fingerprint density at radius 3 is 2.75 bits per heavy atom. The molecule has 0 saturated carbocycles. The summed E-state index contributed by atoms with van der Waals surface area (Å²) in [6, 6.07) is 6.34. The lowest BCUT2D eigenvalue weighted by atomic mass is 10.1. The van der Waals surface area contributed by atoms with Crippen molar-refractivity contribution in [2.45, 2.75) is 25.9 Å². The van der Waals surface area contributed by atoms with Crippen LogP contribution in [-0.4, -0.2) is 0 Å². The summed E-state index contributed by atoms with van der Waals surface area (Å²) in [5, 5.41) is 5.54. The van der Waals surface area contributed by atoms with Gasteiger partial charge in [0.25, 0.3) is 0 Å². The second-order valence-corrected chi connectivity index (χ2v) is 5.35. The first-order valence-corrected chi connectivity index (χ1v) is 6.46. The molecule has 16 heavy (non-hydrogen) atoms. The zero-order valence-electron chi connectivity index (χ0n) is 9.24. The van der Waals surface area contributed by atoms with Gasteiger partial charge in [-0.25, -0.2) is 0 Å². The van der Waals surface area contributed by atoms with Gasteiger partial charge in [0.1, 0.15) is 5.76 Å². The summed E-state index contributed by atoms with van der Waals surface area (Å²) in [5.41, 5.74) is 1.22.